The Morgan fingerprint density at radius 2 is 1.80 bits per heavy atom. The van der Waals surface area contributed by atoms with Gasteiger partial charge in [-0.3, -0.25) is 0 Å². The molecule has 0 radical (unpaired) electrons. The number of aryl methyl sites for hydroxylation is 1. The lowest BCUT2D eigenvalue weighted by molar-refractivity contribution is 0.294. The summed E-state index contributed by atoms with van der Waals surface area (Å²) in [4.78, 5) is 11.3. The summed E-state index contributed by atoms with van der Waals surface area (Å²) in [5.41, 5.74) is 0. The Morgan fingerprint density at radius 1 is 1.15 bits per heavy atom. The highest BCUT2D eigenvalue weighted by molar-refractivity contribution is 5.47. The fourth-order valence-corrected chi connectivity index (χ4v) is 2.15. The Labute approximate surface area is 123 Å². The number of likely N-dealkylation sites (N-methyl/N-ethyl adjacent to an activating group) is 1. The molecule has 0 amide bonds. The number of nitrogens with one attached hydrogen (secondary N) is 2. The van der Waals surface area contributed by atoms with Crippen molar-refractivity contribution < 1.29 is 0 Å². The summed E-state index contributed by atoms with van der Waals surface area (Å²) >= 11 is 0. The topological polar surface area (TPSA) is 53.1 Å². The zero-order chi connectivity index (χ0) is 15.0. The Hall–Kier alpha value is -1.36. The first-order valence-corrected chi connectivity index (χ1v) is 7.67. The summed E-state index contributed by atoms with van der Waals surface area (Å²) < 4.78 is 0. The average Bonchev–Trinajstić information content (AvgIpc) is 2.41. The molecule has 1 aromatic heterocycles. The van der Waals surface area contributed by atoms with E-state index in [1.165, 1.54) is 0 Å². The lowest BCUT2D eigenvalue weighted by Gasteiger charge is -2.24. The van der Waals surface area contributed by atoms with Crippen molar-refractivity contribution in [2.75, 3.05) is 36.8 Å². The van der Waals surface area contributed by atoms with E-state index < -0.39 is 0 Å². The van der Waals surface area contributed by atoms with Gasteiger partial charge in [0, 0.05) is 25.2 Å². The third-order valence-electron chi connectivity index (χ3n) is 3.21. The molecule has 1 aromatic rings. The molecule has 20 heavy (non-hydrogen) atoms. The molecule has 0 saturated carbocycles. The minimum absolute atomic E-state index is 0.364. The monoisotopic (exact) mass is 279 g/mol. The van der Waals surface area contributed by atoms with Crippen LogP contribution in [0.4, 0.5) is 11.6 Å². The van der Waals surface area contributed by atoms with Crippen molar-refractivity contribution >= 4 is 11.6 Å². The highest BCUT2D eigenvalue weighted by Gasteiger charge is 2.09. The van der Waals surface area contributed by atoms with Gasteiger partial charge in [0.2, 0.25) is 0 Å². The van der Waals surface area contributed by atoms with Crippen molar-refractivity contribution in [1.82, 2.24) is 14.9 Å². The molecule has 5 heteroatoms. The van der Waals surface area contributed by atoms with Crippen LogP contribution in [0.1, 0.15) is 39.9 Å². The number of hydrogen-bond donors (Lipinski definition) is 2. The summed E-state index contributed by atoms with van der Waals surface area (Å²) in [7, 11) is 0. The summed E-state index contributed by atoms with van der Waals surface area (Å²) in [6.45, 7) is 14.8. The third-order valence-corrected chi connectivity index (χ3v) is 3.21. The predicted molar refractivity (Wildman–Crippen MR) is 86.4 cm³/mol. The van der Waals surface area contributed by atoms with Crippen LogP contribution in [0.2, 0.25) is 0 Å². The van der Waals surface area contributed by atoms with Gasteiger partial charge in [-0.15, -0.1) is 0 Å². The lowest BCUT2D eigenvalue weighted by Crippen LogP contribution is -2.35. The van der Waals surface area contributed by atoms with E-state index >= 15 is 0 Å². The molecular formula is C15H29N5. The molecule has 0 spiro atoms. The fraction of sp³-hybridized carbons (Fsp3) is 0.733. The average molecular weight is 279 g/mol. The van der Waals surface area contributed by atoms with Crippen molar-refractivity contribution in [1.29, 1.82) is 0 Å². The van der Waals surface area contributed by atoms with Crippen LogP contribution in [0.15, 0.2) is 6.07 Å². The molecule has 1 unspecified atom stereocenters. The van der Waals surface area contributed by atoms with Crippen LogP contribution in [-0.4, -0.2) is 47.1 Å². The van der Waals surface area contributed by atoms with E-state index in [2.05, 4.69) is 53.2 Å². The van der Waals surface area contributed by atoms with Gasteiger partial charge in [0.25, 0.3) is 0 Å². The van der Waals surface area contributed by atoms with Crippen LogP contribution in [-0.2, 0) is 0 Å². The van der Waals surface area contributed by atoms with Gasteiger partial charge in [-0.1, -0.05) is 20.8 Å². The first kappa shape index (κ1) is 16.7. The molecule has 0 aliphatic carbocycles. The fourth-order valence-electron chi connectivity index (χ4n) is 2.15. The van der Waals surface area contributed by atoms with Gasteiger partial charge < -0.3 is 15.5 Å². The molecule has 0 aliphatic heterocycles. The smallest absolute Gasteiger partial charge is 0.132 e. The molecular weight excluding hydrogens is 250 g/mol. The van der Waals surface area contributed by atoms with Gasteiger partial charge in [-0.2, -0.15) is 0 Å². The summed E-state index contributed by atoms with van der Waals surface area (Å²) in [6, 6.07) is 2.35. The molecule has 1 rings (SSSR count). The highest BCUT2D eigenvalue weighted by Crippen LogP contribution is 2.12. The number of nitrogens with zero attached hydrogens (tertiary/aromatic N) is 3. The number of anilines is 2. The standard InChI is InChI=1S/C15H29N5/c1-6-9-16-14-10-15(19-13(5)18-14)17-12(4)11-20(7-2)8-3/h10,12H,6-9,11H2,1-5H3,(H2,16,17,18,19). The van der Waals surface area contributed by atoms with Crippen molar-refractivity contribution in [3.05, 3.63) is 11.9 Å². The van der Waals surface area contributed by atoms with E-state index in [-0.39, 0.29) is 0 Å². The third kappa shape index (κ3) is 5.74. The van der Waals surface area contributed by atoms with Crippen LogP contribution in [0.25, 0.3) is 0 Å². The summed E-state index contributed by atoms with van der Waals surface area (Å²) in [6.07, 6.45) is 1.09. The van der Waals surface area contributed by atoms with Gasteiger partial charge >= 0.3 is 0 Å². The molecule has 0 fully saturated rings. The SMILES string of the molecule is CCCNc1cc(NC(C)CN(CC)CC)nc(C)n1. The minimum atomic E-state index is 0.364. The summed E-state index contributed by atoms with van der Waals surface area (Å²) in [5.74, 6) is 2.59. The van der Waals surface area contributed by atoms with Gasteiger partial charge in [-0.25, -0.2) is 9.97 Å². The molecule has 0 aromatic carbocycles. The second-order valence-electron chi connectivity index (χ2n) is 5.14. The number of aromatic nitrogens is 2. The highest BCUT2D eigenvalue weighted by atomic mass is 15.2. The van der Waals surface area contributed by atoms with Crippen molar-refractivity contribution in [2.45, 2.75) is 47.1 Å². The van der Waals surface area contributed by atoms with E-state index in [9.17, 15) is 0 Å². The van der Waals surface area contributed by atoms with E-state index in [0.29, 0.717) is 6.04 Å². The second kappa shape index (κ2) is 8.74. The predicted octanol–water partition coefficient (Wildman–Crippen LogP) is 2.75. The van der Waals surface area contributed by atoms with Crippen molar-refractivity contribution in [3.63, 3.8) is 0 Å². The Kier molecular flexibility index (Phi) is 7.30. The van der Waals surface area contributed by atoms with Crippen LogP contribution in [0.3, 0.4) is 0 Å². The van der Waals surface area contributed by atoms with Crippen molar-refractivity contribution in [3.8, 4) is 0 Å². The molecule has 5 nitrogen and oxygen atoms in total. The van der Waals surface area contributed by atoms with E-state index in [4.69, 9.17) is 0 Å². The maximum Gasteiger partial charge on any atom is 0.132 e. The summed E-state index contributed by atoms with van der Waals surface area (Å²) in [5, 5.41) is 6.78. The van der Waals surface area contributed by atoms with Crippen LogP contribution < -0.4 is 10.6 Å². The van der Waals surface area contributed by atoms with Gasteiger partial charge in [0.1, 0.15) is 17.5 Å². The zero-order valence-corrected chi connectivity index (χ0v) is 13.5. The first-order valence-electron chi connectivity index (χ1n) is 7.67. The molecule has 0 bridgehead atoms. The lowest BCUT2D eigenvalue weighted by atomic mass is 10.3. The first-order chi connectivity index (χ1) is 9.58. The molecule has 114 valence electrons. The molecule has 0 aliphatic rings. The second-order valence-corrected chi connectivity index (χ2v) is 5.14. The minimum Gasteiger partial charge on any atom is -0.370 e. The molecule has 2 N–H and O–H groups in total. The molecule has 1 heterocycles. The van der Waals surface area contributed by atoms with Gasteiger partial charge in [-0.05, 0) is 33.4 Å². The normalized spacial score (nSPS) is 12.5. The maximum atomic E-state index is 4.46. The number of rotatable bonds is 9. The van der Waals surface area contributed by atoms with Gasteiger partial charge in [0.15, 0.2) is 0 Å². The van der Waals surface area contributed by atoms with Crippen molar-refractivity contribution in [2.24, 2.45) is 0 Å². The van der Waals surface area contributed by atoms with E-state index in [1.807, 2.05) is 13.0 Å². The molecule has 1 atom stereocenters. The Balaban J connectivity index is 2.64. The van der Waals surface area contributed by atoms with E-state index in [1.54, 1.807) is 0 Å². The quantitative estimate of drug-likeness (QED) is 0.728. The Morgan fingerprint density at radius 3 is 2.40 bits per heavy atom. The maximum absolute atomic E-state index is 4.46. The van der Waals surface area contributed by atoms with E-state index in [0.717, 1.165) is 50.1 Å². The van der Waals surface area contributed by atoms with Gasteiger partial charge in [0.05, 0.1) is 0 Å². The largest absolute Gasteiger partial charge is 0.370 e. The van der Waals surface area contributed by atoms with Crippen LogP contribution >= 0.6 is 0 Å². The zero-order valence-electron chi connectivity index (χ0n) is 13.5. The number of hydrogen-bond acceptors (Lipinski definition) is 5. The molecule has 0 saturated heterocycles. The van der Waals surface area contributed by atoms with Crippen LogP contribution in [0, 0.1) is 6.92 Å². The Bertz CT molecular complexity index is 390. The van der Waals surface area contributed by atoms with Crippen LogP contribution in [0.5, 0.6) is 0 Å².